The van der Waals surface area contributed by atoms with Crippen LogP contribution in [0.1, 0.15) is 31.1 Å². The molecule has 0 aliphatic carbocycles. The van der Waals surface area contributed by atoms with E-state index in [1.165, 1.54) is 12.1 Å². The molecule has 0 atom stereocenters. The molecule has 2 radical (unpaired) electrons. The molecule has 0 bridgehead atoms. The second kappa shape index (κ2) is 5.89. The zero-order valence-electron chi connectivity index (χ0n) is 10.2. The van der Waals surface area contributed by atoms with Gasteiger partial charge < -0.3 is 15.3 Å². The smallest absolute Gasteiger partial charge is 0.337 e. The van der Waals surface area contributed by atoms with E-state index in [9.17, 15) is 14.4 Å². The van der Waals surface area contributed by atoms with E-state index in [4.69, 9.17) is 15.3 Å². The fraction of sp³-hybridized carbons (Fsp3) is 0. The Labute approximate surface area is 128 Å². The molecule has 7 heteroatoms. The molecular weight excluding hydrogens is 276 g/mol. The minimum absolute atomic E-state index is 0. The number of aromatic carboxylic acids is 3. The normalized spacial score (nSPS) is 9.80. The molecule has 2 rings (SSSR count). The first-order chi connectivity index (χ1) is 8.93. The molecule has 98 valence electrons. The van der Waals surface area contributed by atoms with Gasteiger partial charge in [-0.2, -0.15) is 0 Å². The van der Waals surface area contributed by atoms with Crippen molar-refractivity contribution in [2.24, 2.45) is 0 Å². The summed E-state index contributed by atoms with van der Waals surface area (Å²) < 4.78 is 0. The van der Waals surface area contributed by atoms with E-state index in [2.05, 4.69) is 0 Å². The van der Waals surface area contributed by atoms with Crippen LogP contribution in [0.15, 0.2) is 30.3 Å². The lowest BCUT2D eigenvalue weighted by Gasteiger charge is -2.09. The van der Waals surface area contributed by atoms with Gasteiger partial charge in [-0.1, -0.05) is 24.3 Å². The number of carbonyl (C=O) groups is 3. The molecule has 0 saturated carbocycles. The maximum atomic E-state index is 11.3. The summed E-state index contributed by atoms with van der Waals surface area (Å²) in [5.74, 6) is -4.54. The number of carboxylic acid groups (broad SMARTS) is 3. The summed E-state index contributed by atoms with van der Waals surface area (Å²) in [6, 6.07) is 7.30. The Morgan fingerprint density at radius 3 is 1.85 bits per heavy atom. The van der Waals surface area contributed by atoms with Crippen LogP contribution in [0.5, 0.6) is 0 Å². The third-order valence-corrected chi connectivity index (χ3v) is 2.71. The highest BCUT2D eigenvalue weighted by atomic mass is 24.3. The zero-order valence-corrected chi connectivity index (χ0v) is 11.6. The summed E-state index contributed by atoms with van der Waals surface area (Å²) in [5, 5.41) is 27.8. The molecule has 0 aliphatic rings. The van der Waals surface area contributed by atoms with Crippen molar-refractivity contribution in [3.8, 4) is 0 Å². The van der Waals surface area contributed by atoms with Gasteiger partial charge in [0.2, 0.25) is 0 Å². The van der Waals surface area contributed by atoms with E-state index < -0.39 is 34.6 Å². The molecule has 2 aromatic carbocycles. The van der Waals surface area contributed by atoms with Crippen LogP contribution in [0.25, 0.3) is 10.8 Å². The summed E-state index contributed by atoms with van der Waals surface area (Å²) in [6.45, 7) is 0. The van der Waals surface area contributed by atoms with Crippen LogP contribution >= 0.6 is 0 Å². The molecule has 3 N–H and O–H groups in total. The van der Waals surface area contributed by atoms with Gasteiger partial charge in [-0.25, -0.2) is 14.4 Å². The van der Waals surface area contributed by atoms with E-state index in [0.717, 1.165) is 6.07 Å². The van der Waals surface area contributed by atoms with Crippen LogP contribution in [-0.4, -0.2) is 56.3 Å². The summed E-state index contributed by atoms with van der Waals surface area (Å²) in [7, 11) is 0. The van der Waals surface area contributed by atoms with Gasteiger partial charge in [-0.3, -0.25) is 0 Å². The predicted octanol–water partition coefficient (Wildman–Crippen LogP) is 1.55. The van der Waals surface area contributed by atoms with Crippen LogP contribution in [0.2, 0.25) is 0 Å². The summed E-state index contributed by atoms with van der Waals surface area (Å²) in [5.41, 5.74) is -1.76. The molecule has 0 unspecified atom stereocenters. The average Bonchev–Trinajstić information content (AvgIpc) is 2.35. The Hall–Kier alpha value is -2.12. The standard InChI is InChI=1S/C13H8O6.Mg/c14-11(15)8-5-6-3-1-2-4-7(6)9(12(16)17)10(8)13(18)19;/h1-5H,(H,14,15)(H,16,17)(H,18,19);. The Kier molecular flexibility index (Phi) is 4.69. The molecular formula is C13H8MgO6. The fourth-order valence-electron chi connectivity index (χ4n) is 1.96. The van der Waals surface area contributed by atoms with Gasteiger partial charge in [0.15, 0.2) is 0 Å². The maximum absolute atomic E-state index is 11.3. The van der Waals surface area contributed by atoms with Crippen molar-refractivity contribution in [3.63, 3.8) is 0 Å². The SMILES string of the molecule is O=C(O)c1cc2ccccc2c(C(=O)O)c1C(=O)O.[Mg]. The second-order valence-electron chi connectivity index (χ2n) is 3.81. The summed E-state index contributed by atoms with van der Waals surface area (Å²) in [4.78, 5) is 33.5. The molecule has 0 aliphatic heterocycles. The van der Waals surface area contributed by atoms with Crippen LogP contribution in [-0.2, 0) is 0 Å². The fourth-order valence-corrected chi connectivity index (χ4v) is 1.96. The minimum Gasteiger partial charge on any atom is -0.478 e. The highest BCUT2D eigenvalue weighted by Gasteiger charge is 2.26. The van der Waals surface area contributed by atoms with Crippen LogP contribution in [0.3, 0.4) is 0 Å². The molecule has 20 heavy (non-hydrogen) atoms. The van der Waals surface area contributed by atoms with Crippen molar-refractivity contribution in [2.45, 2.75) is 0 Å². The van der Waals surface area contributed by atoms with E-state index >= 15 is 0 Å². The quantitative estimate of drug-likeness (QED) is 0.737. The molecule has 0 aromatic heterocycles. The zero-order chi connectivity index (χ0) is 14.2. The number of benzene rings is 2. The third kappa shape index (κ3) is 2.58. The lowest BCUT2D eigenvalue weighted by molar-refractivity contribution is 0.0634. The topological polar surface area (TPSA) is 112 Å². The van der Waals surface area contributed by atoms with Crippen molar-refractivity contribution in [2.75, 3.05) is 0 Å². The Morgan fingerprint density at radius 1 is 0.800 bits per heavy atom. The summed E-state index contributed by atoms with van der Waals surface area (Å²) in [6.07, 6.45) is 0. The number of fused-ring (bicyclic) bond motifs is 1. The van der Waals surface area contributed by atoms with E-state index in [0.29, 0.717) is 5.39 Å². The van der Waals surface area contributed by atoms with Crippen LogP contribution in [0.4, 0.5) is 0 Å². The number of carboxylic acids is 3. The van der Waals surface area contributed by atoms with Gasteiger partial charge >= 0.3 is 17.9 Å². The first-order valence-corrected chi connectivity index (χ1v) is 5.19. The highest BCUT2D eigenvalue weighted by Crippen LogP contribution is 2.26. The highest BCUT2D eigenvalue weighted by molar-refractivity contribution is 6.16. The average molecular weight is 285 g/mol. The van der Waals surface area contributed by atoms with Gasteiger partial charge in [-0.15, -0.1) is 0 Å². The monoisotopic (exact) mass is 284 g/mol. The molecule has 0 spiro atoms. The molecule has 2 aromatic rings. The lowest BCUT2D eigenvalue weighted by atomic mass is 9.94. The Morgan fingerprint density at radius 2 is 1.35 bits per heavy atom. The number of hydrogen-bond acceptors (Lipinski definition) is 3. The first-order valence-electron chi connectivity index (χ1n) is 5.19. The molecule has 0 saturated heterocycles. The van der Waals surface area contributed by atoms with Crippen molar-refractivity contribution < 1.29 is 29.7 Å². The second-order valence-corrected chi connectivity index (χ2v) is 3.81. The van der Waals surface area contributed by atoms with Crippen molar-refractivity contribution >= 4 is 51.7 Å². The van der Waals surface area contributed by atoms with Gasteiger partial charge in [0.05, 0.1) is 16.7 Å². The van der Waals surface area contributed by atoms with Gasteiger partial charge in [-0.05, 0) is 16.8 Å². The van der Waals surface area contributed by atoms with Gasteiger partial charge in [0.25, 0.3) is 0 Å². The van der Waals surface area contributed by atoms with Gasteiger partial charge in [0, 0.05) is 23.1 Å². The Bertz CT molecular complexity index is 722. The van der Waals surface area contributed by atoms with E-state index in [-0.39, 0.29) is 28.4 Å². The van der Waals surface area contributed by atoms with Crippen molar-refractivity contribution in [1.82, 2.24) is 0 Å². The number of hydrogen-bond donors (Lipinski definition) is 3. The largest absolute Gasteiger partial charge is 0.478 e. The lowest BCUT2D eigenvalue weighted by Crippen LogP contribution is -2.15. The van der Waals surface area contributed by atoms with Crippen LogP contribution < -0.4 is 0 Å². The summed E-state index contributed by atoms with van der Waals surface area (Å²) >= 11 is 0. The van der Waals surface area contributed by atoms with E-state index in [1.54, 1.807) is 12.1 Å². The molecule has 0 heterocycles. The first kappa shape index (κ1) is 15.9. The van der Waals surface area contributed by atoms with Crippen molar-refractivity contribution in [1.29, 1.82) is 0 Å². The third-order valence-electron chi connectivity index (χ3n) is 2.71. The van der Waals surface area contributed by atoms with E-state index in [1.807, 2.05) is 0 Å². The Balaban J connectivity index is 0.00000200. The molecule has 0 fully saturated rings. The molecule has 0 amide bonds. The van der Waals surface area contributed by atoms with Crippen LogP contribution in [0, 0.1) is 0 Å². The predicted molar refractivity (Wildman–Crippen MR) is 70.6 cm³/mol. The maximum Gasteiger partial charge on any atom is 0.337 e. The number of rotatable bonds is 3. The molecule has 6 nitrogen and oxygen atoms in total. The van der Waals surface area contributed by atoms with Crippen molar-refractivity contribution in [3.05, 3.63) is 47.0 Å². The minimum atomic E-state index is -1.58. The van der Waals surface area contributed by atoms with Gasteiger partial charge in [0.1, 0.15) is 0 Å².